The van der Waals surface area contributed by atoms with Gasteiger partial charge >= 0.3 is 0 Å². The summed E-state index contributed by atoms with van der Waals surface area (Å²) in [5, 5.41) is 0. The molecule has 0 atom stereocenters. The fourth-order valence-electron chi connectivity index (χ4n) is 3.51. The highest BCUT2D eigenvalue weighted by Gasteiger charge is 2.23. The lowest BCUT2D eigenvalue weighted by Crippen LogP contribution is -2.39. The monoisotopic (exact) mass is 314 g/mol. The molecule has 0 amide bonds. The normalized spacial score (nSPS) is 24.0. The van der Waals surface area contributed by atoms with Crippen LogP contribution in [-0.4, -0.2) is 67.4 Å². The van der Waals surface area contributed by atoms with Gasteiger partial charge in [0, 0.05) is 32.1 Å². The zero-order valence-corrected chi connectivity index (χ0v) is 15.0. The van der Waals surface area contributed by atoms with Gasteiger partial charge in [0.1, 0.15) is 0 Å². The van der Waals surface area contributed by atoms with E-state index < -0.39 is 0 Å². The Morgan fingerprint density at radius 1 is 1.00 bits per heavy atom. The summed E-state index contributed by atoms with van der Waals surface area (Å²) >= 11 is 1.93. The number of rotatable bonds is 7. The molecule has 0 saturated carbocycles. The maximum atomic E-state index is 6.21. The van der Waals surface area contributed by atoms with E-state index >= 15 is 0 Å². The van der Waals surface area contributed by atoms with Gasteiger partial charge in [-0.3, -0.25) is 4.90 Å². The summed E-state index contributed by atoms with van der Waals surface area (Å²) in [4.78, 5) is 5.18. The van der Waals surface area contributed by atoms with Gasteiger partial charge < -0.3 is 9.64 Å². The van der Waals surface area contributed by atoms with Crippen LogP contribution in [0.3, 0.4) is 0 Å². The van der Waals surface area contributed by atoms with Gasteiger partial charge in [-0.2, -0.15) is 0 Å². The molecule has 0 spiro atoms. The van der Waals surface area contributed by atoms with Crippen molar-refractivity contribution in [3.63, 3.8) is 0 Å². The molecule has 3 nitrogen and oxygen atoms in total. The zero-order valence-electron chi connectivity index (χ0n) is 14.2. The fourth-order valence-corrected chi connectivity index (χ4v) is 4.14. The van der Waals surface area contributed by atoms with Gasteiger partial charge in [0.2, 0.25) is 0 Å². The predicted molar refractivity (Wildman–Crippen MR) is 92.9 cm³/mol. The van der Waals surface area contributed by atoms with Crippen LogP contribution in [0.1, 0.15) is 39.5 Å². The molecule has 2 aliphatic rings. The van der Waals surface area contributed by atoms with Crippen LogP contribution in [0, 0.1) is 11.8 Å². The first-order chi connectivity index (χ1) is 10.2. The van der Waals surface area contributed by atoms with Gasteiger partial charge in [-0.1, -0.05) is 13.8 Å². The third-order valence-electron chi connectivity index (χ3n) is 4.74. The quantitative estimate of drug-likeness (QED) is 0.717. The third kappa shape index (κ3) is 6.47. The molecule has 0 aliphatic carbocycles. The van der Waals surface area contributed by atoms with E-state index in [4.69, 9.17) is 4.74 Å². The van der Waals surface area contributed by atoms with Crippen molar-refractivity contribution in [3.05, 3.63) is 0 Å². The molecule has 0 bridgehead atoms. The second kappa shape index (κ2) is 9.39. The molecule has 0 radical (unpaired) electrons. The lowest BCUT2D eigenvalue weighted by molar-refractivity contribution is -0.0171. The van der Waals surface area contributed by atoms with Gasteiger partial charge in [0.05, 0.1) is 6.10 Å². The zero-order chi connectivity index (χ0) is 15.1. The van der Waals surface area contributed by atoms with Crippen LogP contribution in [0.2, 0.25) is 0 Å². The van der Waals surface area contributed by atoms with E-state index in [1.165, 1.54) is 64.3 Å². The average Bonchev–Trinajstić information content (AvgIpc) is 2.48. The van der Waals surface area contributed by atoms with Crippen LogP contribution in [0.5, 0.6) is 0 Å². The van der Waals surface area contributed by atoms with Crippen molar-refractivity contribution < 1.29 is 4.74 Å². The Kier molecular flexibility index (Phi) is 7.86. The fraction of sp³-hybridized carbons (Fsp3) is 1.00. The van der Waals surface area contributed by atoms with Gasteiger partial charge in [-0.05, 0) is 56.9 Å². The molecule has 2 saturated heterocycles. The minimum atomic E-state index is 0.525. The topological polar surface area (TPSA) is 15.7 Å². The summed E-state index contributed by atoms with van der Waals surface area (Å²) in [7, 11) is 0. The number of nitrogens with zero attached hydrogens (tertiary/aromatic N) is 2. The van der Waals surface area contributed by atoms with Crippen LogP contribution in [0.4, 0.5) is 0 Å². The van der Waals surface area contributed by atoms with Crippen molar-refractivity contribution >= 4 is 11.8 Å². The molecule has 124 valence electrons. The van der Waals surface area contributed by atoms with E-state index in [1.807, 2.05) is 11.8 Å². The highest BCUT2D eigenvalue weighted by atomic mass is 32.2. The van der Waals surface area contributed by atoms with Crippen LogP contribution < -0.4 is 0 Å². The molecule has 0 aromatic heterocycles. The van der Waals surface area contributed by atoms with Crippen molar-refractivity contribution in [2.75, 3.05) is 51.5 Å². The van der Waals surface area contributed by atoms with Crippen LogP contribution in [0.15, 0.2) is 0 Å². The number of ether oxygens (including phenoxy) is 1. The molecule has 2 aliphatic heterocycles. The van der Waals surface area contributed by atoms with Gasteiger partial charge in [0.15, 0.2) is 0 Å². The Bertz CT molecular complexity index is 272. The summed E-state index contributed by atoms with van der Waals surface area (Å²) < 4.78 is 6.21. The largest absolute Gasteiger partial charge is 0.378 e. The smallest absolute Gasteiger partial charge is 0.0599 e. The second-order valence-corrected chi connectivity index (χ2v) is 8.04. The number of hydrogen-bond donors (Lipinski definition) is 0. The Hall–Kier alpha value is 0.230. The molecule has 0 aromatic carbocycles. The van der Waals surface area contributed by atoms with Crippen molar-refractivity contribution in [1.29, 1.82) is 0 Å². The first kappa shape index (κ1) is 17.6. The molecular formula is C17H34N2OS. The minimum Gasteiger partial charge on any atom is -0.378 e. The highest BCUT2D eigenvalue weighted by molar-refractivity contribution is 7.98. The van der Waals surface area contributed by atoms with Crippen molar-refractivity contribution in [2.24, 2.45) is 11.8 Å². The molecule has 2 rings (SSSR count). The maximum Gasteiger partial charge on any atom is 0.0599 e. The number of piperidine rings is 2. The molecule has 2 heterocycles. The van der Waals surface area contributed by atoms with E-state index in [0.29, 0.717) is 6.10 Å². The molecule has 4 heteroatoms. The molecule has 0 aromatic rings. The first-order valence-electron chi connectivity index (χ1n) is 8.72. The molecular weight excluding hydrogens is 280 g/mol. The summed E-state index contributed by atoms with van der Waals surface area (Å²) in [5.74, 6) is 2.78. The summed E-state index contributed by atoms with van der Waals surface area (Å²) in [6.07, 6.45) is 7.83. The minimum absolute atomic E-state index is 0.525. The van der Waals surface area contributed by atoms with Gasteiger partial charge in [-0.25, -0.2) is 0 Å². The SMILES string of the molecule is CSCN1CCC(OCC2CCN(CC(C)C)CC2)CC1. The van der Waals surface area contributed by atoms with Gasteiger partial charge in [-0.15, -0.1) is 11.8 Å². The lowest BCUT2D eigenvalue weighted by Gasteiger charge is -2.35. The average molecular weight is 315 g/mol. The van der Waals surface area contributed by atoms with Crippen molar-refractivity contribution in [2.45, 2.75) is 45.6 Å². The van der Waals surface area contributed by atoms with E-state index in [-0.39, 0.29) is 0 Å². The summed E-state index contributed by atoms with van der Waals surface area (Å²) in [5.41, 5.74) is 0. The highest BCUT2D eigenvalue weighted by Crippen LogP contribution is 2.21. The molecule has 0 N–H and O–H groups in total. The van der Waals surface area contributed by atoms with E-state index in [9.17, 15) is 0 Å². The lowest BCUT2D eigenvalue weighted by atomic mass is 9.97. The third-order valence-corrected chi connectivity index (χ3v) is 5.37. The molecule has 2 fully saturated rings. The number of likely N-dealkylation sites (tertiary alicyclic amines) is 2. The van der Waals surface area contributed by atoms with Crippen molar-refractivity contribution in [3.8, 4) is 0 Å². The maximum absolute atomic E-state index is 6.21. The number of thioether (sulfide) groups is 1. The molecule has 21 heavy (non-hydrogen) atoms. The Labute approximate surface area is 135 Å². The Morgan fingerprint density at radius 2 is 1.62 bits per heavy atom. The standard InChI is InChI=1S/C17H34N2OS/c1-15(2)12-18-8-4-16(5-9-18)13-20-17-6-10-19(11-7-17)14-21-3/h15-17H,4-14H2,1-3H3. The number of hydrogen-bond acceptors (Lipinski definition) is 4. The van der Waals surface area contributed by atoms with Gasteiger partial charge in [0.25, 0.3) is 0 Å². The summed E-state index contributed by atoms with van der Waals surface area (Å²) in [6.45, 7) is 11.9. The second-order valence-electron chi connectivity index (χ2n) is 7.21. The Balaban J connectivity index is 1.56. The van der Waals surface area contributed by atoms with E-state index in [2.05, 4.69) is 29.9 Å². The van der Waals surface area contributed by atoms with Crippen LogP contribution in [0.25, 0.3) is 0 Å². The summed E-state index contributed by atoms with van der Waals surface area (Å²) in [6, 6.07) is 0. The van der Waals surface area contributed by atoms with Crippen molar-refractivity contribution in [1.82, 2.24) is 9.80 Å². The van der Waals surface area contributed by atoms with Crippen LogP contribution in [-0.2, 0) is 4.74 Å². The molecule has 0 unspecified atom stereocenters. The predicted octanol–water partition coefficient (Wildman–Crippen LogP) is 3.16. The first-order valence-corrected chi connectivity index (χ1v) is 10.1. The van der Waals surface area contributed by atoms with E-state index in [1.54, 1.807) is 0 Å². The van der Waals surface area contributed by atoms with E-state index in [0.717, 1.165) is 18.4 Å². The van der Waals surface area contributed by atoms with Crippen LogP contribution >= 0.6 is 11.8 Å². The Morgan fingerprint density at radius 3 is 2.19 bits per heavy atom.